The highest BCUT2D eigenvalue weighted by Gasteiger charge is 2.20. The monoisotopic (exact) mass is 416 g/mol. The van der Waals surface area contributed by atoms with Gasteiger partial charge >= 0.3 is 0 Å². The van der Waals surface area contributed by atoms with Gasteiger partial charge in [-0.3, -0.25) is 4.68 Å². The van der Waals surface area contributed by atoms with Gasteiger partial charge in [-0.2, -0.15) is 5.10 Å². The Hall–Kier alpha value is -2.42. The quantitative estimate of drug-likeness (QED) is 0.588. The van der Waals surface area contributed by atoms with E-state index in [0.717, 1.165) is 48.2 Å². The maximum atomic E-state index is 9.92. The molecule has 2 aromatic heterocycles. The number of aliphatic hydroxyl groups excluding tert-OH is 1. The average Bonchev–Trinajstić information content (AvgIpc) is 3.07. The van der Waals surface area contributed by atoms with Gasteiger partial charge < -0.3 is 20.4 Å². The van der Waals surface area contributed by atoms with Crippen LogP contribution < -0.4 is 10.2 Å². The summed E-state index contributed by atoms with van der Waals surface area (Å²) in [4.78, 5) is 11.2. The van der Waals surface area contributed by atoms with Crippen molar-refractivity contribution in [2.45, 2.75) is 44.9 Å². The van der Waals surface area contributed by atoms with Crippen molar-refractivity contribution in [1.29, 1.82) is 0 Å². The number of fused-ring (bicyclic) bond motifs is 1. The fourth-order valence-corrected chi connectivity index (χ4v) is 3.78. The molecule has 1 aliphatic heterocycles. The van der Waals surface area contributed by atoms with Crippen LogP contribution in [0.1, 0.15) is 26.7 Å². The summed E-state index contributed by atoms with van der Waals surface area (Å²) >= 11 is 6.49. The number of anilines is 3. The maximum Gasteiger partial charge on any atom is 0.227 e. The van der Waals surface area contributed by atoms with E-state index in [-0.39, 0.29) is 6.10 Å². The molecule has 9 heteroatoms. The van der Waals surface area contributed by atoms with Crippen molar-refractivity contribution in [2.24, 2.45) is 0 Å². The lowest BCUT2D eigenvalue weighted by atomic mass is 10.1. The lowest BCUT2D eigenvalue weighted by Gasteiger charge is -2.32. The number of nitrogens with one attached hydrogen (secondary N) is 1. The van der Waals surface area contributed by atoms with E-state index >= 15 is 0 Å². The Morgan fingerprint density at radius 1 is 1.24 bits per heavy atom. The molecule has 1 aliphatic rings. The van der Waals surface area contributed by atoms with Gasteiger partial charge in [0.15, 0.2) is 0 Å². The van der Waals surface area contributed by atoms with Crippen LogP contribution in [0.15, 0.2) is 30.7 Å². The molecule has 0 spiro atoms. The van der Waals surface area contributed by atoms with Crippen LogP contribution in [-0.4, -0.2) is 54.8 Å². The van der Waals surface area contributed by atoms with Gasteiger partial charge in [0.25, 0.3) is 0 Å². The minimum absolute atomic E-state index is 0.235. The van der Waals surface area contributed by atoms with Gasteiger partial charge in [-0.05, 0) is 38.8 Å². The third kappa shape index (κ3) is 4.77. The minimum atomic E-state index is -0.844. The number of hydrogen-bond donors (Lipinski definition) is 3. The predicted molar refractivity (Wildman–Crippen MR) is 114 cm³/mol. The van der Waals surface area contributed by atoms with Crippen LogP contribution in [0, 0.1) is 0 Å². The van der Waals surface area contributed by atoms with E-state index in [0.29, 0.717) is 17.5 Å². The molecule has 8 nitrogen and oxygen atoms in total. The first-order chi connectivity index (χ1) is 13.8. The molecule has 1 saturated heterocycles. The summed E-state index contributed by atoms with van der Waals surface area (Å²) in [7, 11) is 0. The highest BCUT2D eigenvalue weighted by atomic mass is 35.5. The van der Waals surface area contributed by atoms with Gasteiger partial charge in [0, 0.05) is 30.9 Å². The van der Waals surface area contributed by atoms with Crippen molar-refractivity contribution in [3.63, 3.8) is 0 Å². The lowest BCUT2D eigenvalue weighted by molar-refractivity contribution is 0.0578. The van der Waals surface area contributed by atoms with Gasteiger partial charge in [0.05, 0.1) is 46.4 Å². The van der Waals surface area contributed by atoms with Gasteiger partial charge in [-0.25, -0.2) is 9.97 Å². The third-order valence-corrected chi connectivity index (χ3v) is 5.19. The van der Waals surface area contributed by atoms with Gasteiger partial charge in [0.2, 0.25) is 5.95 Å². The molecule has 0 unspecified atom stereocenters. The van der Waals surface area contributed by atoms with Crippen LogP contribution in [0.25, 0.3) is 10.9 Å². The number of aliphatic hydroxyl groups is 2. The summed E-state index contributed by atoms with van der Waals surface area (Å²) in [5.41, 5.74) is 1.61. The van der Waals surface area contributed by atoms with E-state index in [2.05, 4.69) is 25.3 Å². The molecule has 0 radical (unpaired) electrons. The Kier molecular flexibility index (Phi) is 5.33. The van der Waals surface area contributed by atoms with E-state index in [1.165, 1.54) is 0 Å². The Labute approximate surface area is 174 Å². The van der Waals surface area contributed by atoms with E-state index < -0.39 is 5.60 Å². The zero-order valence-electron chi connectivity index (χ0n) is 16.5. The second-order valence-corrected chi connectivity index (χ2v) is 8.55. The van der Waals surface area contributed by atoms with Crippen molar-refractivity contribution >= 4 is 39.8 Å². The van der Waals surface area contributed by atoms with Crippen molar-refractivity contribution < 1.29 is 10.2 Å². The number of halogens is 1. The number of nitrogens with zero attached hydrogens (tertiary/aromatic N) is 5. The van der Waals surface area contributed by atoms with Gasteiger partial charge in [-0.15, -0.1) is 0 Å². The summed E-state index contributed by atoms with van der Waals surface area (Å²) < 4.78 is 1.67. The zero-order chi connectivity index (χ0) is 20.6. The molecular weight excluding hydrogens is 392 g/mol. The fourth-order valence-electron chi connectivity index (χ4n) is 3.49. The predicted octanol–water partition coefficient (Wildman–Crippen LogP) is 2.96. The summed E-state index contributed by atoms with van der Waals surface area (Å²) in [5.74, 6) is 0.461. The first-order valence-electron chi connectivity index (χ1n) is 9.68. The number of aromatic nitrogens is 4. The smallest absolute Gasteiger partial charge is 0.227 e. The highest BCUT2D eigenvalue weighted by molar-refractivity contribution is 6.34. The molecule has 0 saturated carbocycles. The molecule has 1 aromatic carbocycles. The Balaban J connectivity index is 1.56. The van der Waals surface area contributed by atoms with Gasteiger partial charge in [-0.1, -0.05) is 11.6 Å². The first kappa shape index (κ1) is 19.9. The summed E-state index contributed by atoms with van der Waals surface area (Å²) in [6, 6.07) is 3.85. The van der Waals surface area contributed by atoms with E-state index in [4.69, 9.17) is 11.6 Å². The maximum absolute atomic E-state index is 9.92. The Morgan fingerprint density at radius 2 is 2.00 bits per heavy atom. The number of hydrogen-bond acceptors (Lipinski definition) is 7. The van der Waals surface area contributed by atoms with Gasteiger partial charge in [0.1, 0.15) is 0 Å². The molecule has 3 aromatic rings. The van der Waals surface area contributed by atoms with Crippen LogP contribution in [0.5, 0.6) is 0 Å². The number of rotatable bonds is 5. The lowest BCUT2D eigenvalue weighted by Crippen LogP contribution is -2.35. The minimum Gasteiger partial charge on any atom is -0.393 e. The molecule has 3 heterocycles. The van der Waals surface area contributed by atoms with E-state index in [1.54, 1.807) is 37.1 Å². The highest BCUT2D eigenvalue weighted by Crippen LogP contribution is 2.32. The van der Waals surface area contributed by atoms with Crippen LogP contribution in [-0.2, 0) is 6.54 Å². The Morgan fingerprint density at radius 3 is 2.72 bits per heavy atom. The van der Waals surface area contributed by atoms with Crippen LogP contribution in [0.3, 0.4) is 0 Å². The fraction of sp³-hybridized carbons (Fsp3) is 0.450. The zero-order valence-corrected chi connectivity index (χ0v) is 17.3. The van der Waals surface area contributed by atoms with Crippen LogP contribution >= 0.6 is 11.6 Å². The van der Waals surface area contributed by atoms with Crippen molar-refractivity contribution in [2.75, 3.05) is 23.3 Å². The molecule has 4 rings (SSSR count). The van der Waals surface area contributed by atoms with E-state index in [1.807, 2.05) is 12.1 Å². The average molecular weight is 417 g/mol. The molecule has 0 atom stereocenters. The van der Waals surface area contributed by atoms with Crippen molar-refractivity contribution in [1.82, 2.24) is 19.7 Å². The second kappa shape index (κ2) is 7.78. The molecule has 0 aliphatic carbocycles. The van der Waals surface area contributed by atoms with E-state index in [9.17, 15) is 10.2 Å². The van der Waals surface area contributed by atoms with Crippen LogP contribution in [0.2, 0.25) is 5.02 Å². The van der Waals surface area contributed by atoms with Crippen LogP contribution in [0.4, 0.5) is 17.3 Å². The van der Waals surface area contributed by atoms with Crippen molar-refractivity contribution in [3.05, 3.63) is 35.7 Å². The molecule has 0 bridgehead atoms. The topological polar surface area (TPSA) is 99.3 Å². The third-order valence-electron chi connectivity index (χ3n) is 4.89. The molecule has 0 amide bonds. The largest absolute Gasteiger partial charge is 0.393 e. The van der Waals surface area contributed by atoms with Crippen molar-refractivity contribution in [3.8, 4) is 0 Å². The normalized spacial score (nSPS) is 15.8. The molecule has 29 heavy (non-hydrogen) atoms. The standard InChI is InChI=1S/C20H25ClN6O2/c1-20(2,29)12-27-11-14(10-23-27)24-19-22-9-13-7-16(21)18(8-17(13)25-19)26-5-3-15(28)4-6-26/h7-11,15,28-29H,3-6,12H2,1-2H3,(H,22,24,25). The number of benzene rings is 1. The molecule has 3 N–H and O–H groups in total. The number of piperidine rings is 1. The molecule has 1 fully saturated rings. The SMILES string of the molecule is CC(C)(O)Cn1cc(Nc2ncc3cc(Cl)c(N4CCC(O)CC4)cc3n2)cn1. The first-order valence-corrected chi connectivity index (χ1v) is 10.1. The summed E-state index contributed by atoms with van der Waals surface area (Å²) in [5, 5.41) is 28.6. The second-order valence-electron chi connectivity index (χ2n) is 8.14. The molecular formula is C20H25ClN6O2. The Bertz CT molecular complexity index is 1010. The summed E-state index contributed by atoms with van der Waals surface area (Å²) in [6.07, 6.45) is 6.45. The molecule has 154 valence electrons. The summed E-state index contributed by atoms with van der Waals surface area (Å²) in [6.45, 7) is 5.39.